The zero-order valence-corrected chi connectivity index (χ0v) is 14.2. The Balaban J connectivity index is 1.78. The molecular formula is C14H22N6OS. The predicted octanol–water partition coefficient (Wildman–Crippen LogP) is 1.77. The number of anilines is 1. The number of hydrogen-bond donors (Lipinski definition) is 2. The van der Waals surface area contributed by atoms with Crippen molar-refractivity contribution in [3.8, 4) is 0 Å². The van der Waals surface area contributed by atoms with Crippen molar-refractivity contribution in [1.29, 1.82) is 0 Å². The molecule has 2 rings (SSSR count). The van der Waals surface area contributed by atoms with Crippen molar-refractivity contribution in [2.75, 3.05) is 18.9 Å². The molecule has 2 N–H and O–H groups in total. The van der Waals surface area contributed by atoms with Gasteiger partial charge in [0.15, 0.2) is 0 Å². The Labute approximate surface area is 134 Å². The Morgan fingerprint density at radius 2 is 2.27 bits per heavy atom. The molecule has 22 heavy (non-hydrogen) atoms. The molecule has 2 aromatic heterocycles. The zero-order valence-electron chi connectivity index (χ0n) is 13.4. The monoisotopic (exact) mass is 322 g/mol. The number of H-pyrrole nitrogens is 1. The summed E-state index contributed by atoms with van der Waals surface area (Å²) in [5.74, 6) is -0.0603. The van der Waals surface area contributed by atoms with Crippen LogP contribution in [-0.4, -0.2) is 50.8 Å². The van der Waals surface area contributed by atoms with Crippen molar-refractivity contribution in [1.82, 2.24) is 25.3 Å². The summed E-state index contributed by atoms with van der Waals surface area (Å²) in [6.07, 6.45) is 1.94. The normalized spacial score (nSPS) is 12.6. The number of likely N-dealkylation sites (N-methyl/N-ethyl adjacent to an activating group) is 1. The maximum Gasteiger partial charge on any atom is 0.243 e. The fraction of sp³-hybridized carbons (Fsp3) is 0.571. The lowest BCUT2D eigenvalue weighted by Crippen LogP contribution is -2.40. The van der Waals surface area contributed by atoms with E-state index < -0.39 is 0 Å². The molecule has 7 nitrogen and oxygen atoms in total. The van der Waals surface area contributed by atoms with Crippen molar-refractivity contribution >= 4 is 22.4 Å². The van der Waals surface area contributed by atoms with E-state index >= 15 is 0 Å². The first kappa shape index (κ1) is 16.6. The first-order valence-electron chi connectivity index (χ1n) is 7.26. The van der Waals surface area contributed by atoms with E-state index in [1.807, 2.05) is 32.7 Å². The lowest BCUT2D eigenvalue weighted by Gasteiger charge is -2.23. The summed E-state index contributed by atoms with van der Waals surface area (Å²) in [5.41, 5.74) is 5.06. The highest BCUT2D eigenvalue weighted by molar-refractivity contribution is 7.13. The molecule has 0 fully saturated rings. The standard InChI is InChI=1S/C14H22N6OS/c1-9-12(10(2)18-17-9)6-5-7-20(4)11(3)13(21)16-14-19-15-8-22-14/h8,11H,5-7H2,1-4H3,(H,17,18)(H,16,19,21)/t11-/m1/s1. The van der Waals surface area contributed by atoms with Crippen molar-refractivity contribution < 1.29 is 4.79 Å². The summed E-state index contributed by atoms with van der Waals surface area (Å²) < 4.78 is 0. The molecule has 0 radical (unpaired) electrons. The summed E-state index contributed by atoms with van der Waals surface area (Å²) in [4.78, 5) is 14.2. The lowest BCUT2D eigenvalue weighted by molar-refractivity contribution is -0.120. The molecule has 0 spiro atoms. The summed E-state index contributed by atoms with van der Waals surface area (Å²) >= 11 is 1.32. The molecule has 0 aliphatic heterocycles. The number of rotatable bonds is 7. The van der Waals surface area contributed by atoms with Crippen LogP contribution in [0.25, 0.3) is 0 Å². The topological polar surface area (TPSA) is 86.8 Å². The number of carbonyl (C=O) groups is 1. The second kappa shape index (κ2) is 7.46. The van der Waals surface area contributed by atoms with E-state index in [0.29, 0.717) is 5.13 Å². The van der Waals surface area contributed by atoms with Gasteiger partial charge < -0.3 is 0 Å². The van der Waals surface area contributed by atoms with E-state index in [0.717, 1.165) is 30.8 Å². The molecule has 0 bridgehead atoms. The van der Waals surface area contributed by atoms with Crippen molar-refractivity contribution in [3.63, 3.8) is 0 Å². The van der Waals surface area contributed by atoms with Gasteiger partial charge in [-0.3, -0.25) is 20.1 Å². The molecule has 8 heteroatoms. The van der Waals surface area contributed by atoms with Crippen LogP contribution < -0.4 is 5.32 Å². The van der Waals surface area contributed by atoms with Crippen LogP contribution in [0, 0.1) is 13.8 Å². The minimum Gasteiger partial charge on any atom is -0.299 e. The second-order valence-corrected chi connectivity index (χ2v) is 6.24. The van der Waals surface area contributed by atoms with Gasteiger partial charge in [0.1, 0.15) is 5.51 Å². The SMILES string of the molecule is Cc1n[nH]c(C)c1CCCN(C)[C@H](C)C(=O)Nc1nncs1. The third-order valence-corrected chi connectivity index (χ3v) is 4.46. The van der Waals surface area contributed by atoms with Gasteiger partial charge in [-0.05, 0) is 52.8 Å². The number of hydrogen-bond acceptors (Lipinski definition) is 6. The van der Waals surface area contributed by atoms with E-state index in [1.165, 1.54) is 16.9 Å². The number of aromatic amines is 1. The molecule has 2 heterocycles. The van der Waals surface area contributed by atoms with Crippen LogP contribution in [0.5, 0.6) is 0 Å². The molecule has 0 saturated carbocycles. The van der Waals surface area contributed by atoms with Gasteiger partial charge in [0.05, 0.1) is 11.7 Å². The summed E-state index contributed by atoms with van der Waals surface area (Å²) in [5, 5.41) is 18.0. The van der Waals surface area contributed by atoms with Crippen LogP contribution in [0.2, 0.25) is 0 Å². The van der Waals surface area contributed by atoms with E-state index in [2.05, 4.69) is 25.7 Å². The van der Waals surface area contributed by atoms with Crippen molar-refractivity contribution in [2.24, 2.45) is 0 Å². The van der Waals surface area contributed by atoms with Gasteiger partial charge in [0.2, 0.25) is 11.0 Å². The van der Waals surface area contributed by atoms with Crippen LogP contribution >= 0.6 is 11.3 Å². The van der Waals surface area contributed by atoms with Gasteiger partial charge in [-0.15, -0.1) is 10.2 Å². The highest BCUT2D eigenvalue weighted by atomic mass is 32.1. The van der Waals surface area contributed by atoms with Gasteiger partial charge >= 0.3 is 0 Å². The fourth-order valence-electron chi connectivity index (χ4n) is 2.28. The number of carbonyl (C=O) groups excluding carboxylic acids is 1. The van der Waals surface area contributed by atoms with Crippen molar-refractivity contribution in [2.45, 2.75) is 39.7 Å². The fourth-order valence-corrected chi connectivity index (χ4v) is 2.73. The first-order valence-corrected chi connectivity index (χ1v) is 8.14. The van der Waals surface area contributed by atoms with Gasteiger partial charge in [0, 0.05) is 5.69 Å². The molecular weight excluding hydrogens is 300 g/mol. The second-order valence-electron chi connectivity index (χ2n) is 5.41. The van der Waals surface area contributed by atoms with Crippen LogP contribution in [0.4, 0.5) is 5.13 Å². The predicted molar refractivity (Wildman–Crippen MR) is 87.0 cm³/mol. The average molecular weight is 322 g/mol. The highest BCUT2D eigenvalue weighted by Gasteiger charge is 2.19. The quantitative estimate of drug-likeness (QED) is 0.811. The highest BCUT2D eigenvalue weighted by Crippen LogP contribution is 2.13. The van der Waals surface area contributed by atoms with Gasteiger partial charge in [-0.25, -0.2) is 0 Å². The van der Waals surface area contributed by atoms with Crippen molar-refractivity contribution in [3.05, 3.63) is 22.5 Å². The van der Waals surface area contributed by atoms with E-state index in [4.69, 9.17) is 0 Å². The number of nitrogens with one attached hydrogen (secondary N) is 2. The molecule has 0 saturated heterocycles. The number of aryl methyl sites for hydroxylation is 2. The number of aromatic nitrogens is 4. The Morgan fingerprint density at radius 1 is 1.50 bits per heavy atom. The minimum absolute atomic E-state index is 0.0603. The van der Waals surface area contributed by atoms with E-state index in [9.17, 15) is 4.79 Å². The Bertz CT molecular complexity index is 589. The molecule has 0 aromatic carbocycles. The number of nitrogens with zero attached hydrogens (tertiary/aromatic N) is 4. The minimum atomic E-state index is -0.213. The smallest absolute Gasteiger partial charge is 0.243 e. The van der Waals surface area contributed by atoms with E-state index in [1.54, 1.807) is 5.51 Å². The van der Waals surface area contributed by atoms with Gasteiger partial charge in [-0.1, -0.05) is 11.3 Å². The third-order valence-electron chi connectivity index (χ3n) is 3.85. The lowest BCUT2D eigenvalue weighted by atomic mass is 10.1. The molecule has 1 atom stereocenters. The molecule has 0 aliphatic rings. The molecule has 2 aromatic rings. The molecule has 0 aliphatic carbocycles. The Kier molecular flexibility index (Phi) is 5.62. The Morgan fingerprint density at radius 3 is 2.86 bits per heavy atom. The maximum absolute atomic E-state index is 12.1. The zero-order chi connectivity index (χ0) is 16.1. The van der Waals surface area contributed by atoms with E-state index in [-0.39, 0.29) is 11.9 Å². The molecule has 0 unspecified atom stereocenters. The number of amides is 1. The summed E-state index contributed by atoms with van der Waals surface area (Å²) in [6, 6.07) is -0.213. The molecule has 120 valence electrons. The summed E-state index contributed by atoms with van der Waals surface area (Å²) in [6.45, 7) is 6.79. The van der Waals surface area contributed by atoms with Crippen LogP contribution in [0.1, 0.15) is 30.3 Å². The van der Waals surface area contributed by atoms with Gasteiger partial charge in [0.25, 0.3) is 0 Å². The van der Waals surface area contributed by atoms with Gasteiger partial charge in [-0.2, -0.15) is 5.10 Å². The largest absolute Gasteiger partial charge is 0.299 e. The first-order chi connectivity index (χ1) is 10.5. The third kappa shape index (κ3) is 4.11. The molecule has 1 amide bonds. The summed E-state index contributed by atoms with van der Waals surface area (Å²) in [7, 11) is 1.96. The van der Waals surface area contributed by atoms with Crippen LogP contribution in [-0.2, 0) is 11.2 Å². The average Bonchev–Trinajstić information content (AvgIpc) is 3.10. The van der Waals surface area contributed by atoms with Crippen LogP contribution in [0.3, 0.4) is 0 Å². The van der Waals surface area contributed by atoms with Crippen LogP contribution in [0.15, 0.2) is 5.51 Å². The maximum atomic E-state index is 12.1. The Hall–Kier alpha value is -1.80.